The largest absolute Gasteiger partial charge is 0.436 e. The second-order valence-corrected chi connectivity index (χ2v) is 6.75. The number of nitrogens with zero attached hydrogens (tertiary/aromatic N) is 4. The van der Waals surface area contributed by atoms with Crippen molar-refractivity contribution in [1.82, 2.24) is 15.0 Å². The van der Waals surface area contributed by atoms with E-state index in [1.54, 1.807) is 43.3 Å². The van der Waals surface area contributed by atoms with E-state index in [-0.39, 0.29) is 23.0 Å². The summed E-state index contributed by atoms with van der Waals surface area (Å²) >= 11 is 6.05. The van der Waals surface area contributed by atoms with E-state index in [0.29, 0.717) is 23.0 Å². The van der Waals surface area contributed by atoms with Crippen LogP contribution in [0.1, 0.15) is 32.7 Å². The van der Waals surface area contributed by atoms with Crippen LogP contribution in [0.25, 0.3) is 0 Å². The normalized spacial score (nSPS) is 14.9. The van der Waals surface area contributed by atoms with Gasteiger partial charge >= 0.3 is 12.1 Å². The van der Waals surface area contributed by atoms with Crippen molar-refractivity contribution in [2.45, 2.75) is 19.6 Å². The van der Waals surface area contributed by atoms with Gasteiger partial charge in [0.2, 0.25) is 5.90 Å². The fourth-order valence-corrected chi connectivity index (χ4v) is 3.16. The number of aryl methyl sites for hydroxylation is 1. The number of alkyl halides is 3. The first-order valence-electron chi connectivity index (χ1n) is 8.39. The molecule has 0 fully saturated rings. The maximum absolute atomic E-state index is 12.6. The molecular formula is C19H12ClF3N4O2. The standard InChI is InChI=1S/C19H12ClF3N4O2/c1-10-7-11(9-27-24-8-15(26-27)19(21,22)23)5-6-14(10)25-17-12-3-2-4-13(20)16(12)18(28)29-17/h2-8H,9H2,1H3/b25-17-. The number of esters is 1. The monoisotopic (exact) mass is 420 g/mol. The number of aliphatic imine (C=N–C) groups is 1. The zero-order valence-electron chi connectivity index (χ0n) is 14.9. The Morgan fingerprint density at radius 3 is 2.72 bits per heavy atom. The Kier molecular flexibility index (Phi) is 4.62. The fraction of sp³-hybridized carbons (Fsp3) is 0.158. The lowest BCUT2D eigenvalue weighted by molar-refractivity contribution is -0.141. The van der Waals surface area contributed by atoms with E-state index in [9.17, 15) is 18.0 Å². The van der Waals surface area contributed by atoms with E-state index in [1.807, 2.05) is 0 Å². The molecule has 1 aromatic heterocycles. The Bertz CT molecular complexity index is 1150. The number of rotatable bonds is 3. The summed E-state index contributed by atoms with van der Waals surface area (Å²) in [6.07, 6.45) is -3.85. The molecule has 0 bridgehead atoms. The average molecular weight is 421 g/mol. The van der Waals surface area contributed by atoms with Gasteiger partial charge in [-0.3, -0.25) is 0 Å². The number of halogens is 4. The Morgan fingerprint density at radius 1 is 1.24 bits per heavy atom. The van der Waals surface area contributed by atoms with E-state index in [1.165, 1.54) is 0 Å². The maximum Gasteiger partial charge on any atom is 0.436 e. The molecule has 2 aromatic carbocycles. The van der Waals surface area contributed by atoms with Gasteiger partial charge in [-0.2, -0.15) is 23.1 Å². The molecule has 1 aliphatic rings. The first-order valence-corrected chi connectivity index (χ1v) is 8.77. The van der Waals surface area contributed by atoms with Crippen LogP contribution in [0.2, 0.25) is 5.02 Å². The van der Waals surface area contributed by atoms with Crippen LogP contribution >= 0.6 is 11.6 Å². The van der Waals surface area contributed by atoms with Crippen LogP contribution in [0, 0.1) is 6.92 Å². The molecular weight excluding hydrogens is 409 g/mol. The highest BCUT2D eigenvalue weighted by Crippen LogP contribution is 2.30. The quantitative estimate of drug-likeness (QED) is 0.583. The van der Waals surface area contributed by atoms with Crippen LogP contribution in [0.4, 0.5) is 18.9 Å². The van der Waals surface area contributed by atoms with E-state index in [2.05, 4.69) is 15.2 Å². The third-order valence-electron chi connectivity index (χ3n) is 4.27. The van der Waals surface area contributed by atoms with Gasteiger partial charge in [0, 0.05) is 0 Å². The molecule has 0 saturated heterocycles. The van der Waals surface area contributed by atoms with Gasteiger partial charge in [-0.05, 0) is 36.2 Å². The van der Waals surface area contributed by atoms with Crippen molar-refractivity contribution in [1.29, 1.82) is 0 Å². The molecule has 0 radical (unpaired) electrons. The lowest BCUT2D eigenvalue weighted by atomic mass is 10.1. The summed E-state index contributed by atoms with van der Waals surface area (Å²) in [4.78, 5) is 17.4. The third-order valence-corrected chi connectivity index (χ3v) is 4.59. The number of ether oxygens (including phenoxy) is 1. The highest BCUT2D eigenvalue weighted by atomic mass is 35.5. The van der Waals surface area contributed by atoms with Gasteiger partial charge in [-0.1, -0.05) is 29.8 Å². The topological polar surface area (TPSA) is 69.4 Å². The summed E-state index contributed by atoms with van der Waals surface area (Å²) in [7, 11) is 0. The van der Waals surface area contributed by atoms with Crippen LogP contribution in [0.15, 0.2) is 47.6 Å². The molecule has 148 valence electrons. The van der Waals surface area contributed by atoms with Gasteiger partial charge in [-0.15, -0.1) is 5.10 Å². The number of benzene rings is 2. The molecule has 0 atom stereocenters. The van der Waals surface area contributed by atoms with Crippen LogP contribution in [-0.4, -0.2) is 26.9 Å². The SMILES string of the molecule is Cc1cc(Cn2ncc(C(F)(F)F)n2)ccc1/N=C1\OC(=O)c2c(Cl)cccc21. The van der Waals surface area contributed by atoms with E-state index < -0.39 is 17.8 Å². The first kappa shape index (κ1) is 19.1. The van der Waals surface area contributed by atoms with Crippen LogP contribution in [0.5, 0.6) is 0 Å². The summed E-state index contributed by atoms with van der Waals surface area (Å²) in [6, 6.07) is 10.1. The highest BCUT2D eigenvalue weighted by molar-refractivity contribution is 6.36. The molecule has 4 rings (SSSR count). The summed E-state index contributed by atoms with van der Waals surface area (Å²) in [5.74, 6) is -0.421. The minimum absolute atomic E-state index is 0.0706. The zero-order valence-corrected chi connectivity index (χ0v) is 15.6. The van der Waals surface area contributed by atoms with Crippen molar-refractivity contribution in [3.05, 3.63) is 75.6 Å². The molecule has 6 nitrogen and oxygen atoms in total. The Morgan fingerprint density at radius 2 is 2.03 bits per heavy atom. The van der Waals surface area contributed by atoms with E-state index in [0.717, 1.165) is 10.4 Å². The minimum Gasteiger partial charge on any atom is -0.403 e. The van der Waals surface area contributed by atoms with Crippen molar-refractivity contribution in [2.75, 3.05) is 0 Å². The molecule has 0 N–H and O–H groups in total. The smallest absolute Gasteiger partial charge is 0.403 e. The summed E-state index contributed by atoms with van der Waals surface area (Å²) in [6.45, 7) is 1.86. The lowest BCUT2D eigenvalue weighted by Gasteiger charge is -2.06. The lowest BCUT2D eigenvalue weighted by Crippen LogP contribution is -2.09. The van der Waals surface area contributed by atoms with Gasteiger partial charge in [0.05, 0.1) is 34.6 Å². The number of fused-ring (bicyclic) bond motifs is 1. The maximum atomic E-state index is 12.6. The Balaban J connectivity index is 1.59. The molecule has 3 aromatic rings. The third kappa shape index (κ3) is 3.73. The number of aromatic nitrogens is 3. The molecule has 2 heterocycles. The van der Waals surface area contributed by atoms with E-state index >= 15 is 0 Å². The molecule has 29 heavy (non-hydrogen) atoms. The molecule has 10 heteroatoms. The molecule has 0 saturated carbocycles. The summed E-state index contributed by atoms with van der Waals surface area (Å²) in [5.41, 5.74) is 1.72. The van der Waals surface area contributed by atoms with Crippen LogP contribution in [0.3, 0.4) is 0 Å². The van der Waals surface area contributed by atoms with Gasteiger partial charge in [0.15, 0.2) is 5.69 Å². The van der Waals surface area contributed by atoms with Crippen molar-refractivity contribution in [2.24, 2.45) is 4.99 Å². The molecule has 0 aliphatic carbocycles. The first-order chi connectivity index (χ1) is 13.7. The van der Waals surface area contributed by atoms with Crippen molar-refractivity contribution in [3.63, 3.8) is 0 Å². The van der Waals surface area contributed by atoms with Gasteiger partial charge in [-0.25, -0.2) is 9.79 Å². The zero-order chi connectivity index (χ0) is 20.8. The number of hydrogen-bond acceptors (Lipinski definition) is 5. The highest BCUT2D eigenvalue weighted by Gasteiger charge is 2.34. The predicted octanol–water partition coefficient (Wildman–Crippen LogP) is 4.56. The van der Waals surface area contributed by atoms with Crippen LogP contribution < -0.4 is 0 Å². The number of carbonyl (C=O) groups is 1. The van der Waals surface area contributed by atoms with Crippen molar-refractivity contribution < 1.29 is 22.7 Å². The average Bonchev–Trinajstić information content (AvgIpc) is 3.23. The van der Waals surface area contributed by atoms with Crippen molar-refractivity contribution in [3.8, 4) is 0 Å². The molecule has 0 spiro atoms. The second-order valence-electron chi connectivity index (χ2n) is 6.35. The Hall–Kier alpha value is -3.20. The molecule has 0 amide bonds. The van der Waals surface area contributed by atoms with Crippen molar-refractivity contribution >= 4 is 29.2 Å². The van der Waals surface area contributed by atoms with Gasteiger partial charge < -0.3 is 4.74 Å². The minimum atomic E-state index is -4.54. The fourth-order valence-electron chi connectivity index (χ4n) is 2.90. The molecule has 0 unspecified atom stereocenters. The summed E-state index contributed by atoms with van der Waals surface area (Å²) < 4.78 is 43.1. The second kappa shape index (κ2) is 7.00. The number of carbonyl (C=O) groups excluding carboxylic acids is 1. The number of cyclic esters (lactones) is 1. The van der Waals surface area contributed by atoms with Crippen LogP contribution in [-0.2, 0) is 17.5 Å². The van der Waals surface area contributed by atoms with E-state index in [4.69, 9.17) is 16.3 Å². The number of hydrogen-bond donors (Lipinski definition) is 0. The Labute approximate surface area is 167 Å². The summed E-state index contributed by atoms with van der Waals surface area (Å²) in [5, 5.41) is 7.37. The molecule has 1 aliphatic heterocycles. The van der Waals surface area contributed by atoms with Gasteiger partial charge in [0.1, 0.15) is 0 Å². The predicted molar refractivity (Wildman–Crippen MR) is 98.4 cm³/mol. The van der Waals surface area contributed by atoms with Gasteiger partial charge in [0.25, 0.3) is 0 Å².